The molecule has 1 amide bonds. The molecule has 39 heavy (non-hydrogen) atoms. The first-order chi connectivity index (χ1) is 18.0. The van der Waals surface area contributed by atoms with Gasteiger partial charge in [-0.1, -0.05) is 68.2 Å². The molecule has 0 radical (unpaired) electrons. The fourth-order valence-electron chi connectivity index (χ4n) is 5.92. The molecule has 2 aromatic carbocycles. The Bertz CT molecular complexity index is 1200. The molecule has 1 fully saturated rings. The maximum absolute atomic E-state index is 14.0. The number of carbonyl (C=O) groups excluding carboxylic acids is 1. The molecule has 4 rings (SSSR count). The van der Waals surface area contributed by atoms with E-state index >= 15 is 0 Å². The topological polar surface area (TPSA) is 49.8 Å². The summed E-state index contributed by atoms with van der Waals surface area (Å²) in [6.45, 7) is 17.7. The zero-order chi connectivity index (χ0) is 28.9. The van der Waals surface area contributed by atoms with E-state index in [0.29, 0.717) is 34.1 Å². The van der Waals surface area contributed by atoms with Crippen molar-refractivity contribution in [3.8, 4) is 0 Å². The summed E-state index contributed by atoms with van der Waals surface area (Å²) in [5, 5.41) is 11.5. The van der Waals surface area contributed by atoms with Gasteiger partial charge in [0.05, 0.1) is 30.7 Å². The van der Waals surface area contributed by atoms with Crippen molar-refractivity contribution < 1.29 is 14.3 Å². The van der Waals surface area contributed by atoms with Crippen LogP contribution in [0.5, 0.6) is 0 Å². The summed E-state index contributed by atoms with van der Waals surface area (Å²) in [6.07, 6.45) is 2.83. The second-order valence-electron chi connectivity index (χ2n) is 13.8. The number of benzene rings is 2. The maximum Gasteiger partial charge on any atom is 0.227 e. The third-order valence-electron chi connectivity index (χ3n) is 9.15. The molecule has 2 aromatic rings. The van der Waals surface area contributed by atoms with Crippen LogP contribution in [-0.4, -0.2) is 42.5 Å². The van der Waals surface area contributed by atoms with Crippen LogP contribution in [0.15, 0.2) is 36.4 Å². The Kier molecular flexibility index (Phi) is 8.73. The molecule has 4 atom stereocenters. The maximum atomic E-state index is 14.0. The molecule has 0 aromatic heterocycles. The summed E-state index contributed by atoms with van der Waals surface area (Å²) in [5.41, 5.74) is 3.96. The predicted molar refractivity (Wildman–Crippen MR) is 164 cm³/mol. The van der Waals surface area contributed by atoms with Gasteiger partial charge in [0, 0.05) is 10.0 Å². The highest BCUT2D eigenvalue weighted by atomic mass is 35.5. The van der Waals surface area contributed by atoms with Crippen LogP contribution < -0.4 is 0 Å². The third-order valence-corrected chi connectivity index (χ3v) is 14.4. The Hall–Kier alpha value is -1.37. The first kappa shape index (κ1) is 30.6. The van der Waals surface area contributed by atoms with E-state index in [0.717, 1.165) is 19.3 Å². The van der Waals surface area contributed by atoms with E-state index in [1.54, 1.807) is 18.2 Å². The number of carbonyl (C=O) groups is 1. The fourth-order valence-corrected chi connectivity index (χ4v) is 7.49. The van der Waals surface area contributed by atoms with Gasteiger partial charge in [-0.25, -0.2) is 0 Å². The van der Waals surface area contributed by atoms with E-state index in [1.807, 2.05) is 18.7 Å². The second-order valence-corrected chi connectivity index (χ2v) is 19.4. The number of fused-ring (bicyclic) bond motifs is 1. The molecule has 1 aliphatic heterocycles. The SMILES string of the molecule is C[C@H]1c2cccc([C@@H]3C[C@@H]3CC(C)(C)O)c2C[C@H](CO[Si](C)(C)C(C)(C)C)N1C(=O)Cc1c(Cl)cccc1Cl. The lowest BCUT2D eigenvalue weighted by atomic mass is 9.83. The molecule has 0 saturated heterocycles. The van der Waals surface area contributed by atoms with Crippen LogP contribution in [0.2, 0.25) is 28.2 Å². The summed E-state index contributed by atoms with van der Waals surface area (Å²) in [6, 6.07) is 11.8. The number of halogens is 2. The lowest BCUT2D eigenvalue weighted by Gasteiger charge is -2.45. The van der Waals surface area contributed by atoms with Crippen LogP contribution >= 0.6 is 23.2 Å². The van der Waals surface area contributed by atoms with Crippen molar-refractivity contribution in [2.24, 2.45) is 5.92 Å². The monoisotopic (exact) mass is 589 g/mol. The highest BCUT2D eigenvalue weighted by Gasteiger charge is 2.45. The fraction of sp³-hybridized carbons (Fsp3) is 0.594. The first-order valence-corrected chi connectivity index (χ1v) is 17.9. The Morgan fingerprint density at radius 1 is 1.05 bits per heavy atom. The molecule has 2 aliphatic rings. The predicted octanol–water partition coefficient (Wildman–Crippen LogP) is 8.34. The molecule has 1 saturated carbocycles. The van der Waals surface area contributed by atoms with Gasteiger partial charge in [0.1, 0.15) is 0 Å². The van der Waals surface area contributed by atoms with Crippen molar-refractivity contribution in [3.05, 3.63) is 68.7 Å². The van der Waals surface area contributed by atoms with Gasteiger partial charge in [-0.15, -0.1) is 0 Å². The summed E-state index contributed by atoms with van der Waals surface area (Å²) < 4.78 is 6.74. The number of aliphatic hydroxyl groups is 1. The molecule has 0 unspecified atom stereocenters. The van der Waals surface area contributed by atoms with Crippen molar-refractivity contribution >= 4 is 37.4 Å². The lowest BCUT2D eigenvalue weighted by Crippen LogP contribution is -2.52. The highest BCUT2D eigenvalue weighted by molar-refractivity contribution is 6.74. The number of nitrogens with zero attached hydrogens (tertiary/aromatic N) is 1. The standard InChI is InChI=1S/C32H45Cl2NO3Si/c1-20-23-11-9-12-24(25-15-21(25)18-32(5,6)37)26(23)16-22(19-38-39(7,8)31(2,3)4)35(20)30(36)17-27-28(33)13-10-14-29(27)34/h9-14,20-22,25,37H,15-19H2,1-8H3/t20-,21+,22+,25+/m0/s1. The average Bonchev–Trinajstić information content (AvgIpc) is 3.56. The Morgan fingerprint density at radius 3 is 2.23 bits per heavy atom. The van der Waals surface area contributed by atoms with Crippen molar-refractivity contribution in [2.45, 2.75) is 109 Å². The van der Waals surface area contributed by atoms with Crippen LogP contribution in [0, 0.1) is 5.92 Å². The van der Waals surface area contributed by atoms with E-state index < -0.39 is 13.9 Å². The highest BCUT2D eigenvalue weighted by Crippen LogP contribution is 2.54. The van der Waals surface area contributed by atoms with Crippen molar-refractivity contribution in [3.63, 3.8) is 0 Å². The van der Waals surface area contributed by atoms with Gasteiger partial charge in [-0.2, -0.15) is 0 Å². The van der Waals surface area contributed by atoms with Gasteiger partial charge < -0.3 is 14.4 Å². The van der Waals surface area contributed by atoms with Gasteiger partial charge in [-0.3, -0.25) is 4.79 Å². The summed E-state index contributed by atoms with van der Waals surface area (Å²) in [4.78, 5) is 16.0. The second kappa shape index (κ2) is 11.1. The van der Waals surface area contributed by atoms with E-state index in [2.05, 4.69) is 59.0 Å². The van der Waals surface area contributed by atoms with Crippen molar-refractivity contribution in [1.29, 1.82) is 0 Å². The molecule has 4 nitrogen and oxygen atoms in total. The zero-order valence-electron chi connectivity index (χ0n) is 24.8. The number of hydrogen-bond acceptors (Lipinski definition) is 3. The molecular formula is C32H45Cl2NO3Si. The van der Waals surface area contributed by atoms with Gasteiger partial charge in [0.15, 0.2) is 8.32 Å². The minimum absolute atomic E-state index is 0.0173. The largest absolute Gasteiger partial charge is 0.415 e. The summed E-state index contributed by atoms with van der Waals surface area (Å²) in [5.74, 6) is 0.976. The molecule has 1 N–H and O–H groups in total. The number of rotatable bonds is 8. The van der Waals surface area contributed by atoms with Gasteiger partial charge >= 0.3 is 0 Å². The zero-order valence-corrected chi connectivity index (χ0v) is 27.3. The normalized spacial score (nSPS) is 23.5. The number of amides is 1. The lowest BCUT2D eigenvalue weighted by molar-refractivity contribution is -0.137. The Labute approximate surface area is 246 Å². The van der Waals surface area contributed by atoms with Gasteiger partial charge in [0.2, 0.25) is 5.91 Å². The van der Waals surface area contributed by atoms with Crippen LogP contribution in [0.4, 0.5) is 0 Å². The van der Waals surface area contributed by atoms with Crippen LogP contribution in [0.25, 0.3) is 0 Å². The Balaban J connectivity index is 1.67. The van der Waals surface area contributed by atoms with Crippen LogP contribution in [-0.2, 0) is 22.1 Å². The van der Waals surface area contributed by atoms with E-state index in [-0.39, 0.29) is 29.4 Å². The van der Waals surface area contributed by atoms with Gasteiger partial charge in [0.25, 0.3) is 0 Å². The van der Waals surface area contributed by atoms with Crippen molar-refractivity contribution in [1.82, 2.24) is 4.90 Å². The van der Waals surface area contributed by atoms with E-state index in [9.17, 15) is 9.90 Å². The van der Waals surface area contributed by atoms with Gasteiger partial charge in [-0.05, 0) is 104 Å². The molecule has 0 bridgehead atoms. The van der Waals surface area contributed by atoms with E-state index in [1.165, 1.54) is 16.7 Å². The molecule has 7 heteroatoms. The quantitative estimate of drug-likeness (QED) is 0.315. The average molecular weight is 591 g/mol. The minimum Gasteiger partial charge on any atom is -0.415 e. The smallest absolute Gasteiger partial charge is 0.227 e. The van der Waals surface area contributed by atoms with Crippen molar-refractivity contribution in [2.75, 3.05) is 6.61 Å². The molecule has 214 valence electrons. The molecule has 1 heterocycles. The van der Waals surface area contributed by atoms with Crippen LogP contribution in [0.1, 0.15) is 88.6 Å². The summed E-state index contributed by atoms with van der Waals surface area (Å²) >= 11 is 12.9. The minimum atomic E-state index is -2.03. The van der Waals surface area contributed by atoms with E-state index in [4.69, 9.17) is 27.6 Å². The summed E-state index contributed by atoms with van der Waals surface area (Å²) in [7, 11) is -2.03. The molecule has 1 aliphatic carbocycles. The number of hydrogen-bond donors (Lipinski definition) is 1. The Morgan fingerprint density at radius 2 is 1.64 bits per heavy atom. The van der Waals surface area contributed by atoms with Crippen LogP contribution in [0.3, 0.4) is 0 Å². The molecular weight excluding hydrogens is 545 g/mol. The first-order valence-electron chi connectivity index (χ1n) is 14.2. The third kappa shape index (κ3) is 6.76. The molecule has 0 spiro atoms.